The van der Waals surface area contributed by atoms with E-state index in [1.54, 1.807) is 38.2 Å². The number of nitrogens with one attached hydrogen (secondary N) is 1. The molecule has 0 radical (unpaired) electrons. The van der Waals surface area contributed by atoms with E-state index in [2.05, 4.69) is 5.32 Å². The van der Waals surface area contributed by atoms with Crippen LogP contribution in [0.4, 0.5) is 10.5 Å². The summed E-state index contributed by atoms with van der Waals surface area (Å²) < 4.78 is 10.5. The van der Waals surface area contributed by atoms with E-state index in [9.17, 15) is 9.59 Å². The van der Waals surface area contributed by atoms with Crippen LogP contribution in [0.15, 0.2) is 48.5 Å². The summed E-state index contributed by atoms with van der Waals surface area (Å²) in [6.07, 6.45) is 0. The number of ether oxygens (including phenoxy) is 2. The lowest BCUT2D eigenvalue weighted by Gasteiger charge is -2.18. The van der Waals surface area contributed by atoms with Crippen LogP contribution in [-0.2, 0) is 4.74 Å². The minimum Gasteiger partial charge on any atom is -0.492 e. The second kappa shape index (κ2) is 9.46. The number of hydrogen-bond acceptors (Lipinski definition) is 4. The summed E-state index contributed by atoms with van der Waals surface area (Å²) in [5, 5.41) is 2.78. The fraction of sp³-hybridized carbons (Fsp3) is 0.300. The van der Waals surface area contributed by atoms with Crippen LogP contribution in [0.5, 0.6) is 5.75 Å². The molecule has 6 nitrogen and oxygen atoms in total. The molecule has 0 spiro atoms. The van der Waals surface area contributed by atoms with E-state index < -0.39 is 0 Å². The van der Waals surface area contributed by atoms with Crippen molar-refractivity contribution in [2.75, 3.05) is 32.1 Å². The fourth-order valence-electron chi connectivity index (χ4n) is 2.16. The molecule has 1 N–H and O–H groups in total. The third-order valence-electron chi connectivity index (χ3n) is 3.71. The Balaban J connectivity index is 1.79. The van der Waals surface area contributed by atoms with Crippen molar-refractivity contribution in [2.45, 2.75) is 13.8 Å². The molecule has 0 atom stereocenters. The van der Waals surface area contributed by atoms with Gasteiger partial charge in [0.05, 0.1) is 18.7 Å². The van der Waals surface area contributed by atoms with Crippen LogP contribution in [-0.4, -0.2) is 43.7 Å². The van der Waals surface area contributed by atoms with E-state index in [1.165, 1.54) is 10.5 Å². The molecular formula is C20H24N2O4. The van der Waals surface area contributed by atoms with Gasteiger partial charge in [-0.05, 0) is 50.2 Å². The first-order valence-corrected chi connectivity index (χ1v) is 8.48. The van der Waals surface area contributed by atoms with Crippen LogP contribution in [0.2, 0.25) is 0 Å². The minimum atomic E-state index is -0.379. The number of anilines is 1. The number of amides is 2. The first-order chi connectivity index (χ1) is 12.5. The van der Waals surface area contributed by atoms with Crippen LogP contribution in [0.1, 0.15) is 22.8 Å². The van der Waals surface area contributed by atoms with Gasteiger partial charge in [0.25, 0.3) is 0 Å². The summed E-state index contributed by atoms with van der Waals surface area (Å²) in [6, 6.07) is 14.1. The Morgan fingerprint density at radius 3 is 2.31 bits per heavy atom. The van der Waals surface area contributed by atoms with Crippen LogP contribution in [0, 0.1) is 6.92 Å². The van der Waals surface area contributed by atoms with Crippen molar-refractivity contribution < 1.29 is 19.1 Å². The van der Waals surface area contributed by atoms with E-state index in [0.29, 0.717) is 31.0 Å². The van der Waals surface area contributed by atoms with Gasteiger partial charge in [-0.1, -0.05) is 17.7 Å². The van der Waals surface area contributed by atoms with Gasteiger partial charge in [0.15, 0.2) is 0 Å². The first kappa shape index (κ1) is 19.3. The number of benzene rings is 2. The van der Waals surface area contributed by atoms with Crippen molar-refractivity contribution in [1.29, 1.82) is 0 Å². The topological polar surface area (TPSA) is 67.9 Å². The Hall–Kier alpha value is -3.02. The molecule has 0 bridgehead atoms. The van der Waals surface area contributed by atoms with Gasteiger partial charge in [-0.15, -0.1) is 0 Å². The summed E-state index contributed by atoms with van der Waals surface area (Å²) in [5.74, 6) is 0.398. The van der Waals surface area contributed by atoms with Gasteiger partial charge in [0.2, 0.25) is 0 Å². The lowest BCUT2D eigenvalue weighted by atomic mass is 10.2. The predicted molar refractivity (Wildman–Crippen MR) is 101 cm³/mol. The third kappa shape index (κ3) is 5.81. The summed E-state index contributed by atoms with van der Waals surface area (Å²) in [4.78, 5) is 25.3. The Kier molecular flexibility index (Phi) is 7.02. The average molecular weight is 356 g/mol. The van der Waals surface area contributed by atoms with Gasteiger partial charge in [-0.3, -0.25) is 0 Å². The van der Waals surface area contributed by atoms with E-state index in [-0.39, 0.29) is 12.0 Å². The highest BCUT2D eigenvalue weighted by atomic mass is 16.5. The van der Waals surface area contributed by atoms with E-state index in [4.69, 9.17) is 9.47 Å². The van der Waals surface area contributed by atoms with Crippen molar-refractivity contribution in [3.05, 3.63) is 59.7 Å². The maximum Gasteiger partial charge on any atom is 0.338 e. The molecule has 2 aromatic carbocycles. The van der Waals surface area contributed by atoms with E-state index in [0.717, 1.165) is 5.75 Å². The van der Waals surface area contributed by atoms with Crippen molar-refractivity contribution in [2.24, 2.45) is 0 Å². The average Bonchev–Trinajstić information content (AvgIpc) is 2.64. The summed E-state index contributed by atoms with van der Waals surface area (Å²) in [6.45, 7) is 4.94. The normalized spacial score (nSPS) is 10.1. The molecule has 138 valence electrons. The standard InChI is InChI=1S/C20H24N2O4/c1-4-25-19(23)16-7-9-17(10-8-16)21-20(24)22(3)13-14-26-18-11-5-15(2)6-12-18/h5-12H,4,13-14H2,1-3H3,(H,21,24). The Labute approximate surface area is 153 Å². The smallest absolute Gasteiger partial charge is 0.338 e. The van der Waals surface area contributed by atoms with Crippen LogP contribution in [0.3, 0.4) is 0 Å². The highest BCUT2D eigenvalue weighted by molar-refractivity contribution is 5.92. The van der Waals surface area contributed by atoms with Gasteiger partial charge in [0, 0.05) is 12.7 Å². The SMILES string of the molecule is CCOC(=O)c1ccc(NC(=O)N(C)CCOc2ccc(C)cc2)cc1. The molecular weight excluding hydrogens is 332 g/mol. The number of aryl methyl sites for hydroxylation is 1. The molecule has 0 heterocycles. The molecule has 0 saturated heterocycles. The summed E-state index contributed by atoms with van der Waals surface area (Å²) in [7, 11) is 1.70. The number of likely N-dealkylation sites (N-methyl/N-ethyl adjacent to an activating group) is 1. The molecule has 0 aliphatic heterocycles. The highest BCUT2D eigenvalue weighted by Crippen LogP contribution is 2.12. The molecule has 2 amide bonds. The zero-order valence-electron chi connectivity index (χ0n) is 15.3. The molecule has 6 heteroatoms. The van der Waals surface area contributed by atoms with Crippen molar-refractivity contribution in [3.63, 3.8) is 0 Å². The monoisotopic (exact) mass is 356 g/mol. The van der Waals surface area contributed by atoms with Gasteiger partial charge >= 0.3 is 12.0 Å². The summed E-state index contributed by atoms with van der Waals surface area (Å²) >= 11 is 0. The molecule has 0 saturated carbocycles. The lowest BCUT2D eigenvalue weighted by Crippen LogP contribution is -2.34. The Morgan fingerprint density at radius 1 is 1.04 bits per heavy atom. The largest absolute Gasteiger partial charge is 0.492 e. The van der Waals surface area contributed by atoms with Gasteiger partial charge < -0.3 is 19.7 Å². The highest BCUT2D eigenvalue weighted by Gasteiger charge is 2.10. The fourth-order valence-corrected chi connectivity index (χ4v) is 2.16. The summed E-state index contributed by atoms with van der Waals surface area (Å²) in [5.41, 5.74) is 2.22. The van der Waals surface area contributed by atoms with Gasteiger partial charge in [-0.2, -0.15) is 0 Å². The number of nitrogens with zero attached hydrogens (tertiary/aromatic N) is 1. The third-order valence-corrected chi connectivity index (χ3v) is 3.71. The number of esters is 1. The Morgan fingerprint density at radius 2 is 1.69 bits per heavy atom. The zero-order chi connectivity index (χ0) is 18.9. The number of carbonyl (C=O) groups is 2. The van der Waals surface area contributed by atoms with Crippen molar-refractivity contribution >= 4 is 17.7 Å². The van der Waals surface area contributed by atoms with Crippen LogP contribution in [0.25, 0.3) is 0 Å². The van der Waals surface area contributed by atoms with Crippen molar-refractivity contribution in [1.82, 2.24) is 4.90 Å². The molecule has 0 aliphatic carbocycles. The zero-order valence-corrected chi connectivity index (χ0v) is 15.3. The second-order valence-electron chi connectivity index (χ2n) is 5.81. The molecule has 0 unspecified atom stereocenters. The minimum absolute atomic E-state index is 0.249. The molecule has 26 heavy (non-hydrogen) atoms. The molecule has 0 aliphatic rings. The van der Waals surface area contributed by atoms with Gasteiger partial charge in [-0.25, -0.2) is 9.59 Å². The maximum atomic E-state index is 12.2. The number of rotatable bonds is 7. The van der Waals surface area contributed by atoms with E-state index in [1.807, 2.05) is 31.2 Å². The number of hydrogen-bond donors (Lipinski definition) is 1. The Bertz CT molecular complexity index is 726. The molecule has 0 fully saturated rings. The number of carbonyl (C=O) groups excluding carboxylic acids is 2. The molecule has 0 aromatic heterocycles. The van der Waals surface area contributed by atoms with Crippen LogP contribution < -0.4 is 10.1 Å². The lowest BCUT2D eigenvalue weighted by molar-refractivity contribution is 0.0526. The maximum absolute atomic E-state index is 12.2. The number of urea groups is 1. The quantitative estimate of drug-likeness (QED) is 0.768. The second-order valence-corrected chi connectivity index (χ2v) is 5.81. The predicted octanol–water partition coefficient (Wildman–Crippen LogP) is 3.71. The van der Waals surface area contributed by atoms with Gasteiger partial charge in [0.1, 0.15) is 12.4 Å². The van der Waals surface area contributed by atoms with E-state index >= 15 is 0 Å². The van der Waals surface area contributed by atoms with Crippen molar-refractivity contribution in [3.8, 4) is 5.75 Å². The molecule has 2 rings (SSSR count). The van der Waals surface area contributed by atoms with Crippen LogP contribution >= 0.6 is 0 Å². The molecule has 2 aromatic rings. The first-order valence-electron chi connectivity index (χ1n) is 8.48.